The molecule has 70 heavy (non-hydrogen) atoms. The molecule has 7 rings (SSSR count). The molecule has 0 aromatic heterocycles. The summed E-state index contributed by atoms with van der Waals surface area (Å²) in [5.41, 5.74) is 0.426. The molecule has 18 nitrogen and oxygen atoms in total. The summed E-state index contributed by atoms with van der Waals surface area (Å²) in [4.78, 5) is 94.4. The van der Waals surface area contributed by atoms with Gasteiger partial charge in [0.15, 0.2) is 49.2 Å². The average molecular weight is 961 g/mol. The Morgan fingerprint density at radius 3 is 1.01 bits per heavy atom. The minimum absolute atomic E-state index is 0.0612. The average Bonchev–Trinajstić information content (AvgIpc) is 3.38. The maximum absolute atomic E-state index is 14.0. The summed E-state index contributed by atoms with van der Waals surface area (Å²) in [6, 6.07) is 39.2. The Morgan fingerprint density at radius 2 is 0.671 bits per heavy atom. The zero-order valence-electron chi connectivity index (χ0n) is 38.0. The molecule has 10 atom stereocenters. The maximum Gasteiger partial charge on any atom is 0.338 e. The van der Waals surface area contributed by atoms with Gasteiger partial charge < -0.3 is 52.1 Å². The van der Waals surface area contributed by atoms with Crippen LogP contribution in [-0.4, -0.2) is 124 Å². The summed E-state index contributed by atoms with van der Waals surface area (Å²) in [5.74, 6) is -6.16. The number of esters is 7. The van der Waals surface area contributed by atoms with Crippen LogP contribution in [0.15, 0.2) is 152 Å². The number of ether oxygens (including phenoxy) is 11. The van der Waals surface area contributed by atoms with Crippen molar-refractivity contribution in [3.05, 3.63) is 179 Å². The standard InChI is InChI=1S/C52H48O18/c1-31(53)61-29-38-40(63-32(2)54)42(67-47(56)34-21-11-5-12-22-34)45(70-50(59)37-27-17-8-18-28-37)52(65-38)62-30-39-41(66-46(55)33-19-9-4-10-20-33)43(68-48(57)35-23-13-6-14-24-35)44(51(60-3)64-39)69-49(58)36-25-15-7-16-26-36/h4-28,38-45,51-52H,29-30H2,1-3H3/t38-,39-,40-,41-,42+,43+,44+,45+,51+,52+/m1/s1. The molecular weight excluding hydrogens is 913 g/mol. The summed E-state index contributed by atoms with van der Waals surface area (Å²) >= 11 is 0. The van der Waals surface area contributed by atoms with Crippen molar-refractivity contribution < 1.29 is 85.7 Å². The predicted molar refractivity (Wildman–Crippen MR) is 241 cm³/mol. The molecule has 18 heteroatoms. The van der Waals surface area contributed by atoms with E-state index in [-0.39, 0.29) is 27.8 Å². The molecule has 0 bridgehead atoms. The largest absolute Gasteiger partial charge is 0.463 e. The first-order valence-corrected chi connectivity index (χ1v) is 22.0. The monoisotopic (exact) mass is 960 g/mol. The van der Waals surface area contributed by atoms with Crippen LogP contribution in [0.4, 0.5) is 0 Å². The molecule has 0 unspecified atom stereocenters. The van der Waals surface area contributed by atoms with Crippen molar-refractivity contribution in [2.75, 3.05) is 20.3 Å². The first-order chi connectivity index (χ1) is 33.9. The van der Waals surface area contributed by atoms with Gasteiger partial charge in [0.05, 0.1) is 34.4 Å². The zero-order chi connectivity index (χ0) is 49.6. The first-order valence-electron chi connectivity index (χ1n) is 22.0. The molecule has 5 aromatic rings. The van der Waals surface area contributed by atoms with Gasteiger partial charge in [0.1, 0.15) is 18.8 Å². The molecule has 2 heterocycles. The Kier molecular flexibility index (Phi) is 17.2. The van der Waals surface area contributed by atoms with E-state index in [4.69, 9.17) is 52.1 Å². The third-order valence-electron chi connectivity index (χ3n) is 10.9. The molecule has 0 radical (unpaired) electrons. The minimum atomic E-state index is -1.79. The van der Waals surface area contributed by atoms with Crippen molar-refractivity contribution in [2.24, 2.45) is 0 Å². The summed E-state index contributed by atoms with van der Waals surface area (Å²) in [5, 5.41) is 0. The zero-order valence-corrected chi connectivity index (χ0v) is 38.0. The molecule has 2 aliphatic rings. The van der Waals surface area contributed by atoms with Gasteiger partial charge in [0, 0.05) is 21.0 Å². The minimum Gasteiger partial charge on any atom is -0.463 e. The van der Waals surface area contributed by atoms with E-state index < -0.39 is 116 Å². The first kappa shape index (κ1) is 50.1. The van der Waals surface area contributed by atoms with Crippen LogP contribution in [0.1, 0.15) is 65.6 Å². The van der Waals surface area contributed by atoms with Gasteiger partial charge in [-0.15, -0.1) is 0 Å². The fourth-order valence-electron chi connectivity index (χ4n) is 7.56. The normalized spacial score (nSPS) is 23.9. The molecular formula is C52H48O18. The molecule has 2 aliphatic heterocycles. The summed E-state index contributed by atoms with van der Waals surface area (Å²) in [6.45, 7) is 0.944. The van der Waals surface area contributed by atoms with E-state index in [0.29, 0.717) is 0 Å². The second-order valence-electron chi connectivity index (χ2n) is 15.7. The smallest absolute Gasteiger partial charge is 0.338 e. The van der Waals surface area contributed by atoms with Gasteiger partial charge >= 0.3 is 41.8 Å². The van der Waals surface area contributed by atoms with E-state index in [1.807, 2.05) is 0 Å². The van der Waals surface area contributed by atoms with Crippen molar-refractivity contribution in [3.8, 4) is 0 Å². The summed E-state index contributed by atoms with van der Waals surface area (Å²) < 4.78 is 66.1. The lowest BCUT2D eigenvalue weighted by Gasteiger charge is -2.46. The van der Waals surface area contributed by atoms with E-state index in [1.54, 1.807) is 91.0 Å². The van der Waals surface area contributed by atoms with Crippen molar-refractivity contribution in [2.45, 2.75) is 75.3 Å². The van der Waals surface area contributed by atoms with Gasteiger partial charge in [-0.05, 0) is 60.7 Å². The van der Waals surface area contributed by atoms with Crippen molar-refractivity contribution in [3.63, 3.8) is 0 Å². The van der Waals surface area contributed by atoms with Crippen molar-refractivity contribution in [1.29, 1.82) is 0 Å². The van der Waals surface area contributed by atoms with E-state index in [2.05, 4.69) is 0 Å². The van der Waals surface area contributed by atoms with Gasteiger partial charge in [-0.3, -0.25) is 9.59 Å². The van der Waals surface area contributed by atoms with Gasteiger partial charge in [-0.25, -0.2) is 24.0 Å². The molecule has 0 aliphatic carbocycles. The van der Waals surface area contributed by atoms with Crippen LogP contribution in [-0.2, 0) is 61.7 Å². The number of carbonyl (C=O) groups excluding carboxylic acids is 7. The Hall–Kier alpha value is -7.77. The Morgan fingerprint density at radius 1 is 0.371 bits per heavy atom. The van der Waals surface area contributed by atoms with Crippen LogP contribution in [0, 0.1) is 0 Å². The third-order valence-corrected chi connectivity index (χ3v) is 10.9. The molecule has 0 amide bonds. The van der Waals surface area contributed by atoms with Crippen LogP contribution < -0.4 is 0 Å². The molecule has 5 aromatic carbocycles. The molecule has 0 saturated carbocycles. The number of carbonyl (C=O) groups is 7. The molecule has 0 N–H and O–H groups in total. The van der Waals surface area contributed by atoms with Crippen LogP contribution in [0.5, 0.6) is 0 Å². The number of rotatable bonds is 17. The van der Waals surface area contributed by atoms with Crippen LogP contribution >= 0.6 is 0 Å². The Bertz CT molecular complexity index is 2560. The SMILES string of the molecule is CO[C@H]1O[C@H](CO[C@H]2O[C@H](COC(C)=O)[C@@H](OC(C)=O)[C@H](OC(=O)c3ccccc3)[C@@H]2OC(=O)c2ccccc2)[C@@H](OC(=O)c2ccccc2)[C@H](OC(=O)c2ccccc2)[C@@H]1OC(=O)c1ccccc1. The van der Waals surface area contributed by atoms with Crippen LogP contribution in [0.25, 0.3) is 0 Å². The Labute approximate surface area is 401 Å². The lowest BCUT2D eigenvalue weighted by molar-refractivity contribution is -0.327. The highest BCUT2D eigenvalue weighted by Crippen LogP contribution is 2.35. The van der Waals surface area contributed by atoms with Crippen molar-refractivity contribution >= 4 is 41.8 Å². The fraction of sp³-hybridized carbons (Fsp3) is 0.288. The fourth-order valence-corrected chi connectivity index (χ4v) is 7.56. The van der Waals surface area contributed by atoms with Crippen molar-refractivity contribution in [1.82, 2.24) is 0 Å². The lowest BCUT2D eigenvalue weighted by atomic mass is 9.96. The Balaban J connectivity index is 1.30. The molecule has 0 spiro atoms. The quantitative estimate of drug-likeness (QED) is 0.0803. The van der Waals surface area contributed by atoms with Gasteiger partial charge in [0.2, 0.25) is 0 Å². The van der Waals surface area contributed by atoms with Crippen LogP contribution in [0.2, 0.25) is 0 Å². The number of hydrogen-bond donors (Lipinski definition) is 0. The van der Waals surface area contributed by atoms with Gasteiger partial charge in [0.25, 0.3) is 0 Å². The van der Waals surface area contributed by atoms with E-state index >= 15 is 0 Å². The number of hydrogen-bond acceptors (Lipinski definition) is 18. The second kappa shape index (κ2) is 24.0. The molecule has 364 valence electrons. The lowest BCUT2D eigenvalue weighted by Crippen LogP contribution is -2.65. The summed E-state index contributed by atoms with van der Waals surface area (Å²) in [7, 11) is 1.24. The summed E-state index contributed by atoms with van der Waals surface area (Å²) in [6.07, 6.45) is -16.3. The second-order valence-corrected chi connectivity index (χ2v) is 15.7. The van der Waals surface area contributed by atoms with Gasteiger partial charge in [-0.2, -0.15) is 0 Å². The third kappa shape index (κ3) is 12.9. The van der Waals surface area contributed by atoms with Gasteiger partial charge in [-0.1, -0.05) is 91.0 Å². The highest BCUT2D eigenvalue weighted by atomic mass is 16.8. The predicted octanol–water partition coefficient (Wildman–Crippen LogP) is 5.72. The van der Waals surface area contributed by atoms with Crippen LogP contribution in [0.3, 0.4) is 0 Å². The number of benzene rings is 5. The maximum atomic E-state index is 14.0. The van der Waals surface area contributed by atoms with E-state index in [1.165, 1.54) is 67.8 Å². The highest BCUT2D eigenvalue weighted by molar-refractivity contribution is 5.92. The highest BCUT2D eigenvalue weighted by Gasteiger charge is 2.56. The number of methoxy groups -OCH3 is 1. The molecule has 2 fully saturated rings. The van der Waals surface area contributed by atoms with E-state index in [0.717, 1.165) is 13.8 Å². The molecule has 2 saturated heterocycles. The topological polar surface area (TPSA) is 221 Å². The van der Waals surface area contributed by atoms with E-state index in [9.17, 15) is 33.6 Å².